The molecule has 0 spiro atoms. The van der Waals surface area contributed by atoms with Gasteiger partial charge in [-0.05, 0) is 92.6 Å². The molecule has 3 heterocycles. The average molecular weight is 702 g/mol. The van der Waals surface area contributed by atoms with Crippen LogP contribution in [0, 0.1) is 19.7 Å². The summed E-state index contributed by atoms with van der Waals surface area (Å²) in [6.07, 6.45) is 2.23. The number of carbonyl (C=O) groups excluding carboxylic acids is 1. The second-order valence-corrected chi connectivity index (χ2v) is 13.7. The number of aryl methyl sites for hydroxylation is 6. The number of fused-ring (bicyclic) bond motifs is 2. The van der Waals surface area contributed by atoms with Crippen LogP contribution in [0.3, 0.4) is 0 Å². The lowest BCUT2D eigenvalue weighted by molar-refractivity contribution is 0.0587. The average Bonchev–Trinajstić information content (AvgIpc) is 3.70. The van der Waals surface area contributed by atoms with Crippen molar-refractivity contribution >= 4 is 51.0 Å². The van der Waals surface area contributed by atoms with E-state index in [1.165, 1.54) is 13.2 Å². The summed E-state index contributed by atoms with van der Waals surface area (Å²) in [6, 6.07) is 14.8. The number of ether oxygens (including phenoxy) is 2. The second-order valence-electron chi connectivity index (χ2n) is 12.2. The van der Waals surface area contributed by atoms with Gasteiger partial charge in [0, 0.05) is 75.1 Å². The molecule has 11 heteroatoms. The van der Waals surface area contributed by atoms with Gasteiger partial charge in [-0.3, -0.25) is 9.36 Å². The molecule has 0 fully saturated rings. The van der Waals surface area contributed by atoms with Crippen molar-refractivity contribution in [2.24, 2.45) is 14.1 Å². The third kappa shape index (κ3) is 6.56. The van der Waals surface area contributed by atoms with Gasteiger partial charge in [0.2, 0.25) is 0 Å². The summed E-state index contributed by atoms with van der Waals surface area (Å²) < 4.78 is 31.8. The maximum atomic E-state index is 14.3. The number of methoxy groups -OCH3 is 1. The summed E-state index contributed by atoms with van der Waals surface area (Å²) >= 11 is 8.58. The molecule has 0 bridgehead atoms. The molecule has 49 heavy (non-hydrogen) atoms. The Labute approximate surface area is 295 Å². The van der Waals surface area contributed by atoms with Crippen molar-refractivity contribution in [3.8, 4) is 16.9 Å². The second kappa shape index (κ2) is 14.3. The SMILES string of the molecule is CCc1cc(CSc2cc(OCCCn3c(C(=O)OC)c(C)c4c(-c5c(CC)nn(C)c5C)c(Cl)ccc43)c3ccc(F)cc3c2)n(C)n1. The lowest BCUT2D eigenvalue weighted by atomic mass is 9.96. The van der Waals surface area contributed by atoms with Crippen LogP contribution >= 0.6 is 23.4 Å². The molecule has 0 radical (unpaired) electrons. The molecule has 6 rings (SSSR count). The van der Waals surface area contributed by atoms with E-state index in [1.54, 1.807) is 23.9 Å². The summed E-state index contributed by atoms with van der Waals surface area (Å²) in [6.45, 7) is 9.03. The van der Waals surface area contributed by atoms with Gasteiger partial charge in [-0.1, -0.05) is 25.4 Å². The molecule has 0 amide bonds. The monoisotopic (exact) mass is 701 g/mol. The summed E-state index contributed by atoms with van der Waals surface area (Å²) in [4.78, 5) is 14.2. The third-order valence-electron chi connectivity index (χ3n) is 9.20. The van der Waals surface area contributed by atoms with E-state index in [0.29, 0.717) is 36.0 Å². The van der Waals surface area contributed by atoms with E-state index < -0.39 is 5.97 Å². The van der Waals surface area contributed by atoms with Gasteiger partial charge in [-0.25, -0.2) is 9.18 Å². The van der Waals surface area contributed by atoms with Gasteiger partial charge in [0.05, 0.1) is 25.1 Å². The van der Waals surface area contributed by atoms with Crippen LogP contribution in [0.1, 0.15) is 59.1 Å². The molecular weight excluding hydrogens is 661 g/mol. The molecule has 0 saturated carbocycles. The molecule has 0 atom stereocenters. The zero-order valence-corrected chi connectivity index (χ0v) is 30.6. The largest absolute Gasteiger partial charge is 0.493 e. The lowest BCUT2D eigenvalue weighted by Gasteiger charge is -2.14. The highest BCUT2D eigenvalue weighted by molar-refractivity contribution is 7.98. The number of esters is 1. The van der Waals surface area contributed by atoms with Crippen molar-refractivity contribution in [2.75, 3.05) is 13.7 Å². The number of benzene rings is 3. The fourth-order valence-corrected chi connectivity index (χ4v) is 7.86. The van der Waals surface area contributed by atoms with Gasteiger partial charge < -0.3 is 14.0 Å². The van der Waals surface area contributed by atoms with Crippen LogP contribution in [-0.2, 0) is 44.0 Å². The highest BCUT2D eigenvalue weighted by Gasteiger charge is 2.27. The Morgan fingerprint density at radius 3 is 2.49 bits per heavy atom. The molecule has 3 aromatic heterocycles. The van der Waals surface area contributed by atoms with E-state index >= 15 is 0 Å². The zero-order chi connectivity index (χ0) is 35.0. The van der Waals surface area contributed by atoms with E-state index in [0.717, 1.165) is 84.6 Å². The fraction of sp³-hybridized carbons (Fsp3) is 0.342. The molecule has 0 aliphatic carbocycles. The maximum Gasteiger partial charge on any atom is 0.354 e. The number of rotatable bonds is 12. The predicted octanol–water partition coefficient (Wildman–Crippen LogP) is 9.01. The quantitative estimate of drug-likeness (QED) is 0.0720. The first-order valence-corrected chi connectivity index (χ1v) is 17.9. The molecule has 8 nitrogen and oxygen atoms in total. The standard InChI is InChI=1S/C38H41ClFN5O3S/c1-8-26-19-27(44(6)41-26)21-49-28-18-24-17-25(40)11-12-29(24)33(20-28)48-16-10-15-45-32-14-13-30(39)36(34(32)22(3)37(45)38(46)47-7)35-23(4)43(5)42-31(35)9-2/h11-14,17-20H,8-10,15-16,21H2,1-7H3. The minimum atomic E-state index is -0.410. The van der Waals surface area contributed by atoms with Crippen molar-refractivity contribution in [2.45, 2.75) is 64.2 Å². The third-order valence-corrected chi connectivity index (χ3v) is 10.5. The number of hydrogen-bond donors (Lipinski definition) is 0. The van der Waals surface area contributed by atoms with Gasteiger partial charge in [0.1, 0.15) is 17.3 Å². The first-order valence-electron chi connectivity index (χ1n) is 16.5. The van der Waals surface area contributed by atoms with Crippen LogP contribution in [0.5, 0.6) is 5.75 Å². The predicted molar refractivity (Wildman–Crippen MR) is 196 cm³/mol. The van der Waals surface area contributed by atoms with Crippen LogP contribution in [0.2, 0.25) is 5.02 Å². The molecule has 0 aliphatic heterocycles. The van der Waals surface area contributed by atoms with Gasteiger partial charge >= 0.3 is 5.97 Å². The van der Waals surface area contributed by atoms with Crippen molar-refractivity contribution in [1.29, 1.82) is 0 Å². The maximum absolute atomic E-state index is 14.3. The summed E-state index contributed by atoms with van der Waals surface area (Å²) in [7, 11) is 5.29. The van der Waals surface area contributed by atoms with Crippen LogP contribution in [0.25, 0.3) is 32.8 Å². The number of carbonyl (C=O) groups is 1. The zero-order valence-electron chi connectivity index (χ0n) is 29.0. The van der Waals surface area contributed by atoms with Gasteiger partial charge in [-0.15, -0.1) is 11.8 Å². The Hall–Kier alpha value is -4.28. The van der Waals surface area contributed by atoms with Gasteiger partial charge in [0.15, 0.2) is 0 Å². The smallest absolute Gasteiger partial charge is 0.354 e. The van der Waals surface area contributed by atoms with Crippen LogP contribution in [0.4, 0.5) is 4.39 Å². The topological polar surface area (TPSA) is 76.1 Å². The minimum Gasteiger partial charge on any atom is -0.493 e. The van der Waals surface area contributed by atoms with Crippen molar-refractivity contribution in [1.82, 2.24) is 24.1 Å². The van der Waals surface area contributed by atoms with Gasteiger partial charge in [-0.2, -0.15) is 10.2 Å². The van der Waals surface area contributed by atoms with Crippen molar-refractivity contribution < 1.29 is 18.7 Å². The molecule has 0 aliphatic rings. The Morgan fingerprint density at radius 2 is 1.78 bits per heavy atom. The summed E-state index contributed by atoms with van der Waals surface area (Å²) in [5.41, 5.74) is 8.19. The number of halogens is 2. The molecule has 0 saturated heterocycles. The first kappa shape index (κ1) is 34.6. The highest BCUT2D eigenvalue weighted by atomic mass is 35.5. The Morgan fingerprint density at radius 1 is 0.980 bits per heavy atom. The molecular formula is C38H41ClFN5O3S. The van der Waals surface area contributed by atoms with Crippen molar-refractivity contribution in [3.05, 3.63) is 93.4 Å². The van der Waals surface area contributed by atoms with Crippen LogP contribution in [0.15, 0.2) is 53.4 Å². The summed E-state index contributed by atoms with van der Waals surface area (Å²) in [5.74, 6) is 0.712. The van der Waals surface area contributed by atoms with E-state index in [4.69, 9.17) is 26.2 Å². The number of aromatic nitrogens is 5. The molecule has 6 aromatic rings. The van der Waals surface area contributed by atoms with E-state index in [9.17, 15) is 9.18 Å². The minimum absolute atomic E-state index is 0.294. The van der Waals surface area contributed by atoms with E-state index in [2.05, 4.69) is 25.0 Å². The van der Waals surface area contributed by atoms with Gasteiger partial charge in [0.25, 0.3) is 0 Å². The van der Waals surface area contributed by atoms with Crippen LogP contribution in [-0.4, -0.2) is 43.8 Å². The molecule has 0 unspecified atom stereocenters. The Bertz CT molecular complexity index is 2200. The normalized spacial score (nSPS) is 11.6. The number of hydrogen-bond acceptors (Lipinski definition) is 6. The number of nitrogens with zero attached hydrogens (tertiary/aromatic N) is 5. The van der Waals surface area contributed by atoms with Crippen molar-refractivity contribution in [3.63, 3.8) is 0 Å². The Kier molecular flexibility index (Phi) is 10.1. The Balaban J connectivity index is 1.30. The highest BCUT2D eigenvalue weighted by Crippen LogP contribution is 2.42. The molecule has 3 aromatic carbocycles. The molecule has 256 valence electrons. The van der Waals surface area contributed by atoms with Crippen LogP contribution < -0.4 is 4.74 Å². The van der Waals surface area contributed by atoms with E-state index in [1.807, 2.05) is 66.1 Å². The lowest BCUT2D eigenvalue weighted by Crippen LogP contribution is -2.13. The number of thioether (sulfide) groups is 1. The fourth-order valence-electron chi connectivity index (χ4n) is 6.62. The van der Waals surface area contributed by atoms with E-state index in [-0.39, 0.29) is 5.82 Å². The summed E-state index contributed by atoms with van der Waals surface area (Å²) in [5, 5.41) is 12.4. The first-order chi connectivity index (χ1) is 23.6. The molecule has 0 N–H and O–H groups in total.